The van der Waals surface area contributed by atoms with Gasteiger partial charge in [-0.2, -0.15) is 0 Å². The lowest BCUT2D eigenvalue weighted by molar-refractivity contribution is 0.0808. The molecule has 0 aliphatic heterocycles. The Kier molecular flexibility index (Phi) is 9.66. The second-order valence-corrected chi connectivity index (χ2v) is 16.6. The summed E-state index contributed by atoms with van der Waals surface area (Å²) in [7, 11) is 0. The largest absolute Gasteiger partial charge is 0.508 e. The number of benzene rings is 2. The Balaban J connectivity index is 0.000000142. The number of phenols is 2. The molecule has 6 aromatic rings. The molecule has 280 valence electrons. The maximum Gasteiger partial charge on any atom is 0.115 e. The van der Waals surface area contributed by atoms with Gasteiger partial charge in [-0.25, -0.2) is 9.97 Å². The summed E-state index contributed by atoms with van der Waals surface area (Å²) in [6.45, 7) is 0. The topological polar surface area (TPSA) is 116 Å². The summed E-state index contributed by atoms with van der Waals surface area (Å²) in [6.07, 6.45) is 24.2. The van der Waals surface area contributed by atoms with Gasteiger partial charge >= 0.3 is 0 Å². The molecule has 0 spiro atoms. The molecular weight excluding hydrogens is 673 g/mol. The standard InChI is InChI=1S/2C23H26N2O2/c2*26-19-9-7-16(8-10-19)15-1-5-18(6-2-15)23(27)22-20(17-3-4-17)11-12-25-14-24-13-21(22)25/h2*7-15,17-18,23,26-27H,1-6H2/t2*15?,18?,23-/m10/s1. The van der Waals surface area contributed by atoms with E-state index in [1.807, 2.05) is 58.1 Å². The number of nitrogens with zero attached hydrogens (tertiary/aromatic N) is 4. The second-order valence-electron chi connectivity index (χ2n) is 16.6. The highest BCUT2D eigenvalue weighted by molar-refractivity contribution is 5.60. The number of aliphatic hydroxyl groups is 2. The summed E-state index contributed by atoms with van der Waals surface area (Å²) < 4.78 is 4.07. The number of aliphatic hydroxyl groups excluding tert-OH is 2. The smallest absolute Gasteiger partial charge is 0.115 e. The molecule has 2 atom stereocenters. The predicted octanol–water partition coefficient (Wildman–Crippen LogP) is 9.85. The highest BCUT2D eigenvalue weighted by Crippen LogP contribution is 2.49. The van der Waals surface area contributed by atoms with E-state index < -0.39 is 12.2 Å². The molecule has 4 N–H and O–H groups in total. The van der Waals surface area contributed by atoms with Crippen LogP contribution in [0, 0.1) is 11.8 Å². The molecule has 4 saturated carbocycles. The van der Waals surface area contributed by atoms with Gasteiger partial charge in [0.15, 0.2) is 0 Å². The number of phenolic OH excluding ortho intramolecular Hbond substituents is 2. The molecule has 0 saturated heterocycles. The number of fused-ring (bicyclic) bond motifs is 2. The first-order valence-electron chi connectivity index (χ1n) is 20.2. The van der Waals surface area contributed by atoms with Crippen molar-refractivity contribution in [1.29, 1.82) is 0 Å². The maximum absolute atomic E-state index is 11.3. The fourth-order valence-corrected chi connectivity index (χ4v) is 9.71. The van der Waals surface area contributed by atoms with Crippen LogP contribution in [0.15, 0.2) is 98.1 Å². The lowest BCUT2D eigenvalue weighted by Crippen LogP contribution is -2.21. The van der Waals surface area contributed by atoms with E-state index in [0.717, 1.165) is 73.5 Å². The molecule has 8 heteroatoms. The van der Waals surface area contributed by atoms with Gasteiger partial charge in [-0.3, -0.25) is 0 Å². The van der Waals surface area contributed by atoms with Crippen molar-refractivity contribution in [2.24, 2.45) is 11.8 Å². The third-order valence-electron chi connectivity index (χ3n) is 13.1. The summed E-state index contributed by atoms with van der Waals surface area (Å²) in [5.74, 6) is 3.54. The third-order valence-corrected chi connectivity index (χ3v) is 13.1. The Labute approximate surface area is 317 Å². The number of imidazole rings is 2. The average molecular weight is 725 g/mol. The molecule has 4 fully saturated rings. The summed E-state index contributed by atoms with van der Waals surface area (Å²) in [5.41, 5.74) is 9.62. The molecule has 4 aliphatic carbocycles. The zero-order valence-corrected chi connectivity index (χ0v) is 30.9. The fraction of sp³-hybridized carbons (Fsp3) is 0.435. The normalized spacial score (nSPS) is 24.2. The Hall–Kier alpha value is -4.66. The van der Waals surface area contributed by atoms with E-state index in [1.54, 1.807) is 24.3 Å². The molecule has 4 heterocycles. The van der Waals surface area contributed by atoms with E-state index in [4.69, 9.17) is 0 Å². The lowest BCUT2D eigenvalue weighted by Gasteiger charge is -2.33. The van der Waals surface area contributed by atoms with Crippen LogP contribution in [-0.4, -0.2) is 39.2 Å². The van der Waals surface area contributed by atoms with Gasteiger partial charge in [-0.15, -0.1) is 0 Å². The van der Waals surface area contributed by atoms with E-state index in [2.05, 4.69) is 34.5 Å². The first-order chi connectivity index (χ1) is 26.4. The Morgan fingerprint density at radius 1 is 0.463 bits per heavy atom. The zero-order valence-electron chi connectivity index (χ0n) is 30.9. The first-order valence-corrected chi connectivity index (χ1v) is 20.2. The Morgan fingerprint density at radius 2 is 0.815 bits per heavy atom. The van der Waals surface area contributed by atoms with E-state index in [-0.39, 0.29) is 0 Å². The molecule has 0 radical (unpaired) electrons. The van der Waals surface area contributed by atoms with Crippen LogP contribution in [0.5, 0.6) is 11.5 Å². The van der Waals surface area contributed by atoms with Gasteiger partial charge in [0.25, 0.3) is 0 Å². The highest BCUT2D eigenvalue weighted by atomic mass is 16.3. The monoisotopic (exact) mass is 724 g/mol. The molecule has 4 aromatic heterocycles. The summed E-state index contributed by atoms with van der Waals surface area (Å²) in [5, 5.41) is 41.7. The molecule has 0 amide bonds. The van der Waals surface area contributed by atoms with Crippen LogP contribution in [0.2, 0.25) is 0 Å². The molecule has 10 rings (SSSR count). The highest BCUT2D eigenvalue weighted by Gasteiger charge is 2.36. The first kappa shape index (κ1) is 35.1. The molecular formula is C46H52N4O4. The average Bonchev–Trinajstić information content (AvgIpc) is 4.14. The number of rotatable bonds is 8. The molecule has 8 nitrogen and oxygen atoms in total. The van der Waals surface area contributed by atoms with Crippen molar-refractivity contribution in [3.05, 3.63) is 131 Å². The van der Waals surface area contributed by atoms with E-state index >= 15 is 0 Å². The number of aromatic hydroxyl groups is 2. The number of pyridine rings is 2. The van der Waals surface area contributed by atoms with E-state index in [0.29, 0.717) is 47.0 Å². The molecule has 0 bridgehead atoms. The van der Waals surface area contributed by atoms with Gasteiger partial charge in [0.2, 0.25) is 0 Å². The molecule has 4 aliphatic rings. The van der Waals surface area contributed by atoms with Crippen molar-refractivity contribution in [2.75, 3.05) is 0 Å². The zero-order chi connectivity index (χ0) is 36.8. The van der Waals surface area contributed by atoms with Crippen LogP contribution >= 0.6 is 0 Å². The number of hydrogen-bond acceptors (Lipinski definition) is 6. The van der Waals surface area contributed by atoms with Gasteiger partial charge in [-0.1, -0.05) is 24.3 Å². The van der Waals surface area contributed by atoms with Crippen LogP contribution in [-0.2, 0) is 0 Å². The van der Waals surface area contributed by atoms with Crippen molar-refractivity contribution in [3.63, 3.8) is 0 Å². The van der Waals surface area contributed by atoms with Crippen molar-refractivity contribution in [2.45, 2.75) is 113 Å². The number of hydrogen-bond donors (Lipinski definition) is 4. The van der Waals surface area contributed by atoms with Crippen LogP contribution < -0.4 is 0 Å². The SMILES string of the molecule is Oc1ccc(C2CCC([C@@H](O)c3c(C4CC4)ccn4cncc34)CC2)cc1.Oc1ccc(C2CCC([C@H](O)c3c(C4CC4)ccn4cncc34)CC2)cc1. The second kappa shape index (κ2) is 14.9. The van der Waals surface area contributed by atoms with E-state index in [1.165, 1.54) is 47.9 Å². The summed E-state index contributed by atoms with van der Waals surface area (Å²) in [6, 6.07) is 19.6. The minimum Gasteiger partial charge on any atom is -0.508 e. The van der Waals surface area contributed by atoms with E-state index in [9.17, 15) is 20.4 Å². The Morgan fingerprint density at radius 3 is 1.17 bits per heavy atom. The fourth-order valence-electron chi connectivity index (χ4n) is 9.71. The molecule has 54 heavy (non-hydrogen) atoms. The van der Waals surface area contributed by atoms with Crippen LogP contribution in [0.4, 0.5) is 0 Å². The van der Waals surface area contributed by atoms with Gasteiger partial charge in [0.1, 0.15) is 11.5 Å². The third kappa shape index (κ3) is 7.14. The van der Waals surface area contributed by atoms with Crippen molar-refractivity contribution in [1.82, 2.24) is 18.8 Å². The lowest BCUT2D eigenvalue weighted by atomic mass is 9.75. The summed E-state index contributed by atoms with van der Waals surface area (Å²) in [4.78, 5) is 8.60. The minimum absolute atomic E-state index is 0.303. The number of aromatic nitrogens is 4. The molecule has 2 aromatic carbocycles. The van der Waals surface area contributed by atoms with Crippen LogP contribution in [0.3, 0.4) is 0 Å². The van der Waals surface area contributed by atoms with Crippen LogP contribution in [0.1, 0.15) is 146 Å². The van der Waals surface area contributed by atoms with Gasteiger partial charge in [0, 0.05) is 23.5 Å². The quantitative estimate of drug-likeness (QED) is 0.124. The molecule has 0 unspecified atom stereocenters. The van der Waals surface area contributed by atoms with Gasteiger partial charge in [0.05, 0.1) is 48.3 Å². The summed E-state index contributed by atoms with van der Waals surface area (Å²) >= 11 is 0. The predicted molar refractivity (Wildman–Crippen MR) is 210 cm³/mol. The Bertz CT molecular complexity index is 2030. The van der Waals surface area contributed by atoms with Crippen LogP contribution in [0.25, 0.3) is 11.0 Å². The van der Waals surface area contributed by atoms with Crippen molar-refractivity contribution < 1.29 is 20.4 Å². The van der Waals surface area contributed by atoms with Crippen molar-refractivity contribution in [3.8, 4) is 11.5 Å². The van der Waals surface area contributed by atoms with Gasteiger partial charge in [-0.05, 0) is 171 Å². The van der Waals surface area contributed by atoms with Crippen molar-refractivity contribution >= 4 is 11.0 Å². The minimum atomic E-state index is -0.415. The van der Waals surface area contributed by atoms with Gasteiger partial charge < -0.3 is 29.2 Å². The maximum atomic E-state index is 11.3.